The van der Waals surface area contributed by atoms with E-state index in [1.54, 1.807) is 11.3 Å². The molecule has 0 spiro atoms. The van der Waals surface area contributed by atoms with Crippen LogP contribution in [0.5, 0.6) is 0 Å². The van der Waals surface area contributed by atoms with Crippen molar-refractivity contribution in [2.75, 3.05) is 6.54 Å². The Balaban J connectivity index is 2.82. The zero-order valence-corrected chi connectivity index (χ0v) is 9.61. The van der Waals surface area contributed by atoms with E-state index in [4.69, 9.17) is 5.26 Å². The van der Waals surface area contributed by atoms with Crippen LogP contribution in [0.25, 0.3) is 0 Å². The third-order valence-corrected chi connectivity index (χ3v) is 3.35. The minimum atomic E-state index is 0.338. The fourth-order valence-electron chi connectivity index (χ4n) is 1.41. The highest BCUT2D eigenvalue weighted by molar-refractivity contribution is 7.11. The number of nitrogens with zero attached hydrogens (tertiary/aromatic N) is 2. The zero-order chi connectivity index (χ0) is 10.6. The quantitative estimate of drug-likeness (QED) is 0.827. The summed E-state index contributed by atoms with van der Waals surface area (Å²) < 4.78 is 0. The van der Waals surface area contributed by atoms with E-state index in [2.05, 4.69) is 30.2 Å². The topological polar surface area (TPSA) is 48.7 Å². The SMILES string of the molecule is CCNC(C)c1sc(CC#N)nc1C. The number of rotatable bonds is 4. The molecule has 0 aliphatic heterocycles. The second kappa shape index (κ2) is 5.08. The Morgan fingerprint density at radius 3 is 2.93 bits per heavy atom. The summed E-state index contributed by atoms with van der Waals surface area (Å²) in [5, 5.41) is 12.8. The summed E-state index contributed by atoms with van der Waals surface area (Å²) in [6.07, 6.45) is 0.421. The first-order valence-electron chi connectivity index (χ1n) is 4.75. The maximum absolute atomic E-state index is 8.56. The summed E-state index contributed by atoms with van der Waals surface area (Å²) in [6, 6.07) is 2.46. The number of nitriles is 1. The predicted octanol–water partition coefficient (Wildman–Crippen LogP) is 2.19. The third kappa shape index (κ3) is 2.53. The van der Waals surface area contributed by atoms with Crippen LogP contribution in [0.4, 0.5) is 0 Å². The average Bonchev–Trinajstić information content (AvgIpc) is 2.48. The number of thiazole rings is 1. The first-order chi connectivity index (χ1) is 6.69. The second-order valence-corrected chi connectivity index (χ2v) is 4.29. The van der Waals surface area contributed by atoms with Gasteiger partial charge in [0, 0.05) is 10.9 Å². The number of nitrogens with one attached hydrogen (secondary N) is 1. The summed E-state index contributed by atoms with van der Waals surface area (Å²) in [5.74, 6) is 0. The Bertz CT molecular complexity index is 338. The van der Waals surface area contributed by atoms with Crippen molar-refractivity contribution in [3.05, 3.63) is 15.6 Å². The number of hydrogen-bond acceptors (Lipinski definition) is 4. The Morgan fingerprint density at radius 1 is 1.64 bits per heavy atom. The molecule has 0 aromatic carbocycles. The predicted molar refractivity (Wildman–Crippen MR) is 58.3 cm³/mol. The highest BCUT2D eigenvalue weighted by atomic mass is 32.1. The van der Waals surface area contributed by atoms with Gasteiger partial charge in [0.1, 0.15) is 5.01 Å². The van der Waals surface area contributed by atoms with Crippen molar-refractivity contribution in [1.29, 1.82) is 5.26 Å². The Morgan fingerprint density at radius 2 is 2.36 bits per heavy atom. The van der Waals surface area contributed by atoms with E-state index in [1.807, 2.05) is 6.92 Å². The van der Waals surface area contributed by atoms with Gasteiger partial charge in [-0.1, -0.05) is 6.92 Å². The van der Waals surface area contributed by atoms with E-state index in [9.17, 15) is 0 Å². The summed E-state index contributed by atoms with van der Waals surface area (Å²) >= 11 is 1.64. The first kappa shape index (κ1) is 11.2. The van der Waals surface area contributed by atoms with Gasteiger partial charge in [0.05, 0.1) is 18.2 Å². The van der Waals surface area contributed by atoms with Crippen LogP contribution in [0, 0.1) is 18.3 Å². The molecule has 1 atom stereocenters. The fourth-order valence-corrected chi connectivity index (χ4v) is 2.44. The van der Waals surface area contributed by atoms with Crippen molar-refractivity contribution in [2.24, 2.45) is 0 Å². The molecule has 0 amide bonds. The van der Waals surface area contributed by atoms with Gasteiger partial charge in [-0.3, -0.25) is 0 Å². The van der Waals surface area contributed by atoms with Crippen LogP contribution in [-0.4, -0.2) is 11.5 Å². The standard InChI is InChI=1S/C10H15N3S/c1-4-12-7(2)10-8(3)13-9(14-10)5-6-11/h7,12H,4-5H2,1-3H3. The molecule has 76 valence electrons. The van der Waals surface area contributed by atoms with Crippen LogP contribution >= 0.6 is 11.3 Å². The van der Waals surface area contributed by atoms with Gasteiger partial charge in [-0.25, -0.2) is 4.98 Å². The Kier molecular flexibility index (Phi) is 4.05. The van der Waals surface area contributed by atoms with E-state index in [0.29, 0.717) is 12.5 Å². The van der Waals surface area contributed by atoms with E-state index >= 15 is 0 Å². The van der Waals surface area contributed by atoms with Gasteiger partial charge in [-0.15, -0.1) is 11.3 Å². The molecule has 0 bridgehead atoms. The third-order valence-electron chi connectivity index (χ3n) is 2.01. The van der Waals surface area contributed by atoms with Gasteiger partial charge in [-0.05, 0) is 20.4 Å². The maximum Gasteiger partial charge on any atom is 0.107 e. The molecular weight excluding hydrogens is 194 g/mol. The average molecular weight is 209 g/mol. The normalized spacial score (nSPS) is 12.4. The molecule has 1 aromatic rings. The molecule has 0 saturated heterocycles. The van der Waals surface area contributed by atoms with Gasteiger partial charge in [0.15, 0.2) is 0 Å². The lowest BCUT2D eigenvalue weighted by Gasteiger charge is -2.09. The van der Waals surface area contributed by atoms with E-state index in [1.165, 1.54) is 4.88 Å². The Hall–Kier alpha value is -0.920. The number of aromatic nitrogens is 1. The van der Waals surface area contributed by atoms with Gasteiger partial charge < -0.3 is 5.32 Å². The molecular formula is C10H15N3S. The number of aryl methyl sites for hydroxylation is 1. The minimum absolute atomic E-state index is 0.338. The minimum Gasteiger partial charge on any atom is -0.310 e. The lowest BCUT2D eigenvalue weighted by Crippen LogP contribution is -2.17. The molecule has 3 nitrogen and oxygen atoms in total. The van der Waals surface area contributed by atoms with Gasteiger partial charge in [0.25, 0.3) is 0 Å². The highest BCUT2D eigenvalue weighted by Gasteiger charge is 2.12. The Labute approximate surface area is 88.8 Å². The highest BCUT2D eigenvalue weighted by Crippen LogP contribution is 2.24. The van der Waals surface area contributed by atoms with E-state index in [-0.39, 0.29) is 0 Å². The molecule has 0 aliphatic carbocycles. The van der Waals surface area contributed by atoms with Gasteiger partial charge in [-0.2, -0.15) is 5.26 Å². The molecule has 0 radical (unpaired) electrons. The lowest BCUT2D eigenvalue weighted by molar-refractivity contribution is 0.603. The molecule has 14 heavy (non-hydrogen) atoms. The van der Waals surface area contributed by atoms with Crippen LogP contribution < -0.4 is 5.32 Å². The molecule has 1 aromatic heterocycles. The van der Waals surface area contributed by atoms with E-state index < -0.39 is 0 Å². The largest absolute Gasteiger partial charge is 0.310 e. The second-order valence-electron chi connectivity index (χ2n) is 3.17. The smallest absolute Gasteiger partial charge is 0.107 e. The lowest BCUT2D eigenvalue weighted by atomic mass is 10.2. The van der Waals surface area contributed by atoms with Crippen molar-refractivity contribution < 1.29 is 0 Å². The molecule has 1 N–H and O–H groups in total. The molecule has 4 heteroatoms. The monoisotopic (exact) mass is 209 g/mol. The van der Waals surface area contributed by atoms with Crippen molar-refractivity contribution >= 4 is 11.3 Å². The van der Waals surface area contributed by atoms with Gasteiger partial charge >= 0.3 is 0 Å². The van der Waals surface area contributed by atoms with Crippen molar-refractivity contribution in [3.63, 3.8) is 0 Å². The van der Waals surface area contributed by atoms with Crippen LogP contribution in [-0.2, 0) is 6.42 Å². The maximum atomic E-state index is 8.56. The summed E-state index contributed by atoms with van der Waals surface area (Å²) in [6.45, 7) is 7.16. The summed E-state index contributed by atoms with van der Waals surface area (Å²) in [4.78, 5) is 5.61. The van der Waals surface area contributed by atoms with Crippen LogP contribution in [0.3, 0.4) is 0 Å². The summed E-state index contributed by atoms with van der Waals surface area (Å²) in [5.41, 5.74) is 1.05. The van der Waals surface area contributed by atoms with Crippen LogP contribution in [0.1, 0.15) is 35.5 Å². The van der Waals surface area contributed by atoms with Crippen molar-refractivity contribution in [1.82, 2.24) is 10.3 Å². The molecule has 1 unspecified atom stereocenters. The molecule has 0 aliphatic rings. The molecule has 1 rings (SSSR count). The van der Waals surface area contributed by atoms with Gasteiger partial charge in [0.2, 0.25) is 0 Å². The molecule has 1 heterocycles. The van der Waals surface area contributed by atoms with Crippen molar-refractivity contribution in [3.8, 4) is 6.07 Å². The molecule has 0 fully saturated rings. The zero-order valence-electron chi connectivity index (χ0n) is 8.79. The molecule has 0 saturated carbocycles. The van der Waals surface area contributed by atoms with Crippen molar-refractivity contribution in [2.45, 2.75) is 33.2 Å². The first-order valence-corrected chi connectivity index (χ1v) is 5.57. The number of hydrogen-bond donors (Lipinski definition) is 1. The van der Waals surface area contributed by atoms with Crippen LogP contribution in [0.2, 0.25) is 0 Å². The van der Waals surface area contributed by atoms with E-state index in [0.717, 1.165) is 17.2 Å². The fraction of sp³-hybridized carbons (Fsp3) is 0.600. The summed E-state index contributed by atoms with van der Waals surface area (Å²) in [7, 11) is 0. The van der Waals surface area contributed by atoms with Crippen LogP contribution in [0.15, 0.2) is 0 Å².